The van der Waals surface area contributed by atoms with Crippen molar-refractivity contribution >= 4 is 68.8 Å². The van der Waals surface area contributed by atoms with E-state index in [0.717, 1.165) is 14.9 Å². The van der Waals surface area contributed by atoms with E-state index < -0.39 is 17.8 Å². The maximum absolute atomic E-state index is 13.2. The van der Waals surface area contributed by atoms with Gasteiger partial charge < -0.3 is 21.1 Å². The maximum atomic E-state index is 13.2. The number of rotatable bonds is 10. The summed E-state index contributed by atoms with van der Waals surface area (Å²) in [5.41, 5.74) is 2.20. The number of nitrogens with one attached hydrogen (secondary N) is 3. The van der Waals surface area contributed by atoms with Crippen LogP contribution in [0.1, 0.15) is 26.3 Å². The molecule has 4 N–H and O–H groups in total. The lowest BCUT2D eigenvalue weighted by atomic mass is 10.1. The number of hydrogen-bond donors (Lipinski definition) is 4. The third-order valence-corrected chi connectivity index (χ3v) is 7.07. The number of carboxylic acids is 1. The van der Waals surface area contributed by atoms with Crippen molar-refractivity contribution in [3.63, 3.8) is 0 Å². The zero-order valence-corrected chi connectivity index (χ0v) is 23.9. The second-order valence-corrected chi connectivity index (χ2v) is 10.6. The van der Waals surface area contributed by atoms with E-state index in [0.29, 0.717) is 16.9 Å². The summed E-state index contributed by atoms with van der Waals surface area (Å²) in [6.45, 7) is 0. The molecule has 0 unspecified atom stereocenters. The Morgan fingerprint density at radius 1 is 0.756 bits per heavy atom. The summed E-state index contributed by atoms with van der Waals surface area (Å²) in [4.78, 5) is 50.3. The van der Waals surface area contributed by atoms with Crippen LogP contribution in [0, 0.1) is 0 Å². The number of carbonyl (C=O) groups is 4. The summed E-state index contributed by atoms with van der Waals surface area (Å²) in [5.74, 6) is -2.17. The predicted octanol–water partition coefficient (Wildman–Crippen LogP) is 6.29. The third kappa shape index (κ3) is 8.92. The monoisotopic (exact) mass is 629 g/mol. The Bertz CT molecular complexity index is 1610. The Balaban J connectivity index is 1.39. The Kier molecular flexibility index (Phi) is 10.1. The van der Waals surface area contributed by atoms with Gasteiger partial charge in [0.05, 0.1) is 11.3 Å². The molecule has 0 aliphatic heterocycles. The molecule has 0 aromatic heterocycles. The van der Waals surface area contributed by atoms with Crippen molar-refractivity contribution in [1.29, 1.82) is 0 Å². The van der Waals surface area contributed by atoms with Crippen LogP contribution in [-0.2, 0) is 9.59 Å². The van der Waals surface area contributed by atoms with E-state index in [1.807, 2.05) is 24.3 Å². The number of hydrogen-bond acceptors (Lipinski definition) is 5. The number of aromatic carboxylic acids is 1. The lowest BCUT2D eigenvalue weighted by Gasteiger charge is -2.12. The highest BCUT2D eigenvalue weighted by Crippen LogP contribution is 2.22. The highest BCUT2D eigenvalue weighted by Gasteiger charge is 2.15. The fourth-order valence-corrected chi connectivity index (χ4v) is 4.73. The Morgan fingerprint density at radius 3 is 2.17 bits per heavy atom. The largest absolute Gasteiger partial charge is 0.478 e. The molecule has 0 bridgehead atoms. The number of benzene rings is 4. The molecule has 4 rings (SSSR count). The zero-order valence-electron chi connectivity index (χ0n) is 21.5. The standard InChI is InChI=1S/C31H24BrN3O5S/c32-23-10-4-6-20(16-23)17-27(35-29(37)21-7-2-1-3-8-21)30(38)34-24-12-14-26(15-13-24)41-19-28(36)33-25-11-5-9-22(18-25)31(39)40/h1-18H,19H2,(H,33,36)(H,34,38)(H,35,37)(H,39,40)/b27-17-. The first-order chi connectivity index (χ1) is 19.8. The van der Waals surface area contributed by atoms with E-state index in [4.69, 9.17) is 5.11 Å². The molecular weight excluding hydrogens is 606 g/mol. The van der Waals surface area contributed by atoms with Crippen molar-refractivity contribution < 1.29 is 24.3 Å². The van der Waals surface area contributed by atoms with Gasteiger partial charge in [0.25, 0.3) is 11.8 Å². The second kappa shape index (κ2) is 14.1. The molecule has 4 aromatic rings. The van der Waals surface area contributed by atoms with Crippen molar-refractivity contribution in [2.24, 2.45) is 0 Å². The molecule has 0 saturated carbocycles. The average Bonchev–Trinajstić information content (AvgIpc) is 2.97. The van der Waals surface area contributed by atoms with Crippen LogP contribution in [0.5, 0.6) is 0 Å². The lowest BCUT2D eigenvalue weighted by Crippen LogP contribution is -2.30. The van der Waals surface area contributed by atoms with E-state index in [2.05, 4.69) is 31.9 Å². The van der Waals surface area contributed by atoms with Gasteiger partial charge in [-0.3, -0.25) is 14.4 Å². The smallest absolute Gasteiger partial charge is 0.335 e. The molecule has 206 valence electrons. The molecule has 0 saturated heterocycles. The summed E-state index contributed by atoms with van der Waals surface area (Å²) in [6.07, 6.45) is 1.59. The summed E-state index contributed by atoms with van der Waals surface area (Å²) in [5, 5.41) is 17.3. The highest BCUT2D eigenvalue weighted by molar-refractivity contribution is 9.10. The van der Waals surface area contributed by atoms with Crippen molar-refractivity contribution in [3.05, 3.63) is 130 Å². The molecule has 0 spiro atoms. The quantitative estimate of drug-likeness (QED) is 0.121. The van der Waals surface area contributed by atoms with Gasteiger partial charge in [-0.25, -0.2) is 4.79 Å². The summed E-state index contributed by atoms with van der Waals surface area (Å²) in [7, 11) is 0. The topological polar surface area (TPSA) is 125 Å². The molecule has 0 heterocycles. The normalized spacial score (nSPS) is 10.9. The van der Waals surface area contributed by atoms with Crippen LogP contribution in [0.3, 0.4) is 0 Å². The number of thioether (sulfide) groups is 1. The van der Waals surface area contributed by atoms with Gasteiger partial charge in [0.15, 0.2) is 0 Å². The molecule has 0 aliphatic rings. The van der Waals surface area contributed by atoms with Crippen LogP contribution in [0.25, 0.3) is 6.08 Å². The van der Waals surface area contributed by atoms with Crippen molar-refractivity contribution in [3.8, 4) is 0 Å². The van der Waals surface area contributed by atoms with Gasteiger partial charge in [0, 0.05) is 26.3 Å². The number of anilines is 2. The Hall–Kier alpha value is -4.67. The summed E-state index contributed by atoms with van der Waals surface area (Å²) in [6, 6.07) is 28.9. The minimum absolute atomic E-state index is 0.0686. The predicted molar refractivity (Wildman–Crippen MR) is 164 cm³/mol. The summed E-state index contributed by atoms with van der Waals surface area (Å²) < 4.78 is 0.830. The van der Waals surface area contributed by atoms with Gasteiger partial charge in [-0.05, 0) is 78.4 Å². The first-order valence-electron chi connectivity index (χ1n) is 12.3. The van der Waals surface area contributed by atoms with E-state index >= 15 is 0 Å². The van der Waals surface area contributed by atoms with E-state index in [1.54, 1.807) is 72.8 Å². The molecule has 0 fully saturated rings. The molecule has 10 heteroatoms. The molecule has 4 aromatic carbocycles. The van der Waals surface area contributed by atoms with Crippen molar-refractivity contribution in [2.75, 3.05) is 16.4 Å². The molecule has 41 heavy (non-hydrogen) atoms. The number of halogens is 1. The van der Waals surface area contributed by atoms with E-state index in [9.17, 15) is 19.2 Å². The fraction of sp³-hybridized carbons (Fsp3) is 0.0323. The Morgan fingerprint density at radius 2 is 1.46 bits per heavy atom. The molecule has 8 nitrogen and oxygen atoms in total. The van der Waals surface area contributed by atoms with Crippen LogP contribution in [0.15, 0.2) is 118 Å². The van der Waals surface area contributed by atoms with Crippen molar-refractivity contribution in [2.45, 2.75) is 4.90 Å². The number of carbonyl (C=O) groups excluding carboxylic acids is 3. The van der Waals surface area contributed by atoms with Crippen LogP contribution < -0.4 is 16.0 Å². The summed E-state index contributed by atoms with van der Waals surface area (Å²) >= 11 is 4.71. The highest BCUT2D eigenvalue weighted by atomic mass is 79.9. The third-order valence-electron chi connectivity index (χ3n) is 5.56. The van der Waals surface area contributed by atoms with E-state index in [-0.39, 0.29) is 22.9 Å². The average molecular weight is 631 g/mol. The van der Waals surface area contributed by atoms with Crippen LogP contribution >= 0.6 is 27.7 Å². The van der Waals surface area contributed by atoms with Gasteiger partial charge in [0.2, 0.25) is 5.91 Å². The minimum Gasteiger partial charge on any atom is -0.478 e. The van der Waals surface area contributed by atoms with Gasteiger partial charge in [-0.15, -0.1) is 11.8 Å². The SMILES string of the molecule is O=C(CSc1ccc(NC(=O)/C(=C/c2cccc(Br)c2)NC(=O)c2ccccc2)cc1)Nc1cccc(C(=O)O)c1. The molecule has 3 amide bonds. The number of carboxylic acid groups (broad SMARTS) is 1. The second-order valence-electron chi connectivity index (χ2n) is 8.63. The maximum Gasteiger partial charge on any atom is 0.335 e. The van der Waals surface area contributed by atoms with E-state index in [1.165, 1.54) is 23.9 Å². The fourth-order valence-electron chi connectivity index (χ4n) is 3.61. The first-order valence-corrected chi connectivity index (χ1v) is 14.1. The molecular formula is C31H24BrN3O5S. The molecule has 0 aliphatic carbocycles. The zero-order chi connectivity index (χ0) is 29.2. The van der Waals surface area contributed by atoms with Gasteiger partial charge in [0.1, 0.15) is 5.70 Å². The molecule has 0 radical (unpaired) electrons. The lowest BCUT2D eigenvalue weighted by molar-refractivity contribution is -0.114. The van der Waals surface area contributed by atoms with Crippen molar-refractivity contribution in [1.82, 2.24) is 5.32 Å². The minimum atomic E-state index is -1.07. The van der Waals surface area contributed by atoms with Crippen LogP contribution in [-0.4, -0.2) is 34.6 Å². The van der Waals surface area contributed by atoms with Gasteiger partial charge >= 0.3 is 5.97 Å². The van der Waals surface area contributed by atoms with Gasteiger partial charge in [-0.2, -0.15) is 0 Å². The van der Waals surface area contributed by atoms with Gasteiger partial charge in [-0.1, -0.05) is 52.3 Å². The van der Waals surface area contributed by atoms with Crippen LogP contribution in [0.2, 0.25) is 0 Å². The Labute approximate surface area is 249 Å². The molecule has 0 atom stereocenters. The first kappa shape index (κ1) is 29.3. The number of amides is 3. The van der Waals surface area contributed by atoms with Crippen LogP contribution in [0.4, 0.5) is 11.4 Å².